The molecule has 0 spiro atoms. The summed E-state index contributed by atoms with van der Waals surface area (Å²) >= 11 is 6.02. The van der Waals surface area contributed by atoms with Gasteiger partial charge in [-0.05, 0) is 37.3 Å². The molecule has 4 heteroatoms. The van der Waals surface area contributed by atoms with Gasteiger partial charge in [-0.2, -0.15) is 0 Å². The first kappa shape index (κ1) is 13.4. The summed E-state index contributed by atoms with van der Waals surface area (Å²) in [5.41, 5.74) is 1.37. The molecule has 0 radical (unpaired) electrons. The molecule has 1 aliphatic rings. The van der Waals surface area contributed by atoms with Crippen LogP contribution in [0.15, 0.2) is 30.3 Å². The van der Waals surface area contributed by atoms with Crippen molar-refractivity contribution in [3.05, 3.63) is 41.0 Å². The van der Waals surface area contributed by atoms with Gasteiger partial charge in [0.1, 0.15) is 5.15 Å². The summed E-state index contributed by atoms with van der Waals surface area (Å²) in [6, 6.07) is 9.51. The molecule has 2 atom stereocenters. The fraction of sp³-hybridized carbons (Fsp3) is 0.375. The van der Waals surface area contributed by atoms with Gasteiger partial charge < -0.3 is 5.32 Å². The number of pyridine rings is 1. The van der Waals surface area contributed by atoms with E-state index >= 15 is 0 Å². The first-order valence-electron chi connectivity index (χ1n) is 6.99. The normalized spacial score (nSPS) is 22.1. The van der Waals surface area contributed by atoms with Crippen molar-refractivity contribution in [3.8, 4) is 0 Å². The van der Waals surface area contributed by atoms with Crippen LogP contribution in [-0.2, 0) is 0 Å². The van der Waals surface area contributed by atoms with Crippen LogP contribution in [0, 0.1) is 5.92 Å². The molecule has 104 valence electrons. The summed E-state index contributed by atoms with van der Waals surface area (Å²) < 4.78 is 0. The molecule has 1 fully saturated rings. The van der Waals surface area contributed by atoms with E-state index in [1.165, 1.54) is 6.42 Å². The molecule has 2 unspecified atom stereocenters. The first-order valence-corrected chi connectivity index (χ1v) is 7.37. The van der Waals surface area contributed by atoms with Crippen LogP contribution in [0.4, 0.5) is 0 Å². The second kappa shape index (κ2) is 5.41. The standard InChI is InChI=1S/C16H17ClN2O/c1-10-6-7-11(8-10)18-16(20)13-9-15(17)19-14-5-3-2-4-12(13)14/h2-5,9-11H,6-8H2,1H3,(H,18,20). The van der Waals surface area contributed by atoms with Crippen LogP contribution < -0.4 is 5.32 Å². The van der Waals surface area contributed by atoms with E-state index in [1.54, 1.807) is 6.07 Å². The molecular formula is C16H17ClN2O. The Morgan fingerprint density at radius 1 is 1.35 bits per heavy atom. The van der Waals surface area contributed by atoms with Gasteiger partial charge in [0.25, 0.3) is 5.91 Å². The van der Waals surface area contributed by atoms with Crippen LogP contribution >= 0.6 is 11.6 Å². The zero-order valence-corrected chi connectivity index (χ0v) is 12.2. The molecule has 20 heavy (non-hydrogen) atoms. The Bertz CT molecular complexity index is 656. The van der Waals surface area contributed by atoms with Crippen molar-refractivity contribution >= 4 is 28.4 Å². The van der Waals surface area contributed by atoms with Crippen molar-refractivity contribution in [1.82, 2.24) is 10.3 Å². The molecule has 3 rings (SSSR count). The molecule has 3 nitrogen and oxygen atoms in total. The first-order chi connectivity index (χ1) is 9.63. The van der Waals surface area contributed by atoms with E-state index in [1.807, 2.05) is 24.3 Å². The number of nitrogens with one attached hydrogen (secondary N) is 1. The smallest absolute Gasteiger partial charge is 0.252 e. The van der Waals surface area contributed by atoms with Crippen molar-refractivity contribution in [2.45, 2.75) is 32.2 Å². The second-order valence-electron chi connectivity index (χ2n) is 5.60. The average Bonchev–Trinajstić information content (AvgIpc) is 2.83. The number of halogens is 1. The van der Waals surface area contributed by atoms with Crippen LogP contribution in [0.3, 0.4) is 0 Å². The maximum atomic E-state index is 12.5. The fourth-order valence-electron chi connectivity index (χ4n) is 2.93. The Hall–Kier alpha value is -1.61. The van der Waals surface area contributed by atoms with E-state index in [0.29, 0.717) is 16.6 Å². The zero-order valence-electron chi connectivity index (χ0n) is 11.4. The van der Waals surface area contributed by atoms with Gasteiger partial charge in [0, 0.05) is 11.4 Å². The minimum atomic E-state index is -0.0513. The molecule has 1 aromatic heterocycles. The molecule has 1 amide bonds. The molecule has 1 aromatic carbocycles. The number of fused-ring (bicyclic) bond motifs is 1. The van der Waals surface area contributed by atoms with Gasteiger partial charge >= 0.3 is 0 Å². The molecule has 1 N–H and O–H groups in total. The highest BCUT2D eigenvalue weighted by Crippen LogP contribution is 2.26. The molecule has 0 saturated heterocycles. The summed E-state index contributed by atoms with van der Waals surface area (Å²) in [6.45, 7) is 2.23. The van der Waals surface area contributed by atoms with Gasteiger partial charge in [0.05, 0.1) is 11.1 Å². The highest BCUT2D eigenvalue weighted by atomic mass is 35.5. The highest BCUT2D eigenvalue weighted by molar-refractivity contribution is 6.30. The summed E-state index contributed by atoms with van der Waals surface area (Å²) in [5.74, 6) is 0.641. The number of amides is 1. The van der Waals surface area contributed by atoms with Gasteiger partial charge in [-0.1, -0.05) is 36.7 Å². The Kier molecular flexibility index (Phi) is 3.62. The van der Waals surface area contributed by atoms with E-state index in [9.17, 15) is 4.79 Å². The Balaban J connectivity index is 1.91. The molecule has 1 saturated carbocycles. The van der Waals surface area contributed by atoms with Crippen LogP contribution in [0.5, 0.6) is 0 Å². The maximum absolute atomic E-state index is 12.5. The molecule has 2 aromatic rings. The minimum Gasteiger partial charge on any atom is -0.349 e. The van der Waals surface area contributed by atoms with E-state index < -0.39 is 0 Å². The Morgan fingerprint density at radius 3 is 2.90 bits per heavy atom. The van der Waals surface area contributed by atoms with Crippen molar-refractivity contribution in [1.29, 1.82) is 0 Å². The van der Waals surface area contributed by atoms with Crippen molar-refractivity contribution in [3.63, 3.8) is 0 Å². The lowest BCUT2D eigenvalue weighted by Gasteiger charge is -2.14. The van der Waals surface area contributed by atoms with Crippen LogP contribution in [0.1, 0.15) is 36.5 Å². The third-order valence-electron chi connectivity index (χ3n) is 3.96. The fourth-order valence-corrected chi connectivity index (χ4v) is 3.13. The lowest BCUT2D eigenvalue weighted by atomic mass is 10.1. The summed E-state index contributed by atoms with van der Waals surface area (Å²) in [5, 5.41) is 4.32. The van der Waals surface area contributed by atoms with Crippen molar-refractivity contribution in [2.24, 2.45) is 5.92 Å². The molecule has 1 heterocycles. The summed E-state index contributed by atoms with van der Waals surface area (Å²) in [4.78, 5) is 16.7. The predicted molar refractivity (Wildman–Crippen MR) is 81.0 cm³/mol. The van der Waals surface area contributed by atoms with Crippen molar-refractivity contribution < 1.29 is 4.79 Å². The van der Waals surface area contributed by atoms with Crippen LogP contribution in [0.2, 0.25) is 5.15 Å². The van der Waals surface area contributed by atoms with Crippen LogP contribution in [0.25, 0.3) is 10.9 Å². The number of hydrogen-bond acceptors (Lipinski definition) is 2. The SMILES string of the molecule is CC1CCC(NC(=O)c2cc(Cl)nc3ccccc23)C1. The minimum absolute atomic E-state index is 0.0513. The predicted octanol–water partition coefficient (Wildman–Crippen LogP) is 3.81. The summed E-state index contributed by atoms with van der Waals surface area (Å²) in [6.07, 6.45) is 3.30. The Labute approximate surface area is 123 Å². The topological polar surface area (TPSA) is 42.0 Å². The number of rotatable bonds is 2. The highest BCUT2D eigenvalue weighted by Gasteiger charge is 2.24. The lowest BCUT2D eigenvalue weighted by Crippen LogP contribution is -2.33. The van der Waals surface area contributed by atoms with E-state index in [2.05, 4.69) is 17.2 Å². The van der Waals surface area contributed by atoms with Gasteiger partial charge in [-0.15, -0.1) is 0 Å². The monoisotopic (exact) mass is 288 g/mol. The number of hydrogen-bond donors (Lipinski definition) is 1. The third-order valence-corrected chi connectivity index (χ3v) is 4.15. The number of aromatic nitrogens is 1. The van der Waals surface area contributed by atoms with Gasteiger partial charge in [-0.25, -0.2) is 4.98 Å². The number of carbonyl (C=O) groups is 1. The van der Waals surface area contributed by atoms with Crippen molar-refractivity contribution in [2.75, 3.05) is 0 Å². The number of carbonyl (C=O) groups excluding carboxylic acids is 1. The van der Waals surface area contributed by atoms with E-state index in [-0.39, 0.29) is 11.9 Å². The Morgan fingerprint density at radius 2 is 2.15 bits per heavy atom. The van der Waals surface area contributed by atoms with E-state index in [0.717, 1.165) is 23.7 Å². The quantitative estimate of drug-likeness (QED) is 0.854. The number of nitrogens with zero attached hydrogens (tertiary/aromatic N) is 1. The lowest BCUT2D eigenvalue weighted by molar-refractivity contribution is 0.0939. The molecular weight excluding hydrogens is 272 g/mol. The van der Waals surface area contributed by atoms with E-state index in [4.69, 9.17) is 11.6 Å². The van der Waals surface area contributed by atoms with Crippen LogP contribution in [-0.4, -0.2) is 16.9 Å². The second-order valence-corrected chi connectivity index (χ2v) is 5.99. The third kappa shape index (κ3) is 2.63. The number of benzene rings is 1. The molecule has 0 aliphatic heterocycles. The average molecular weight is 289 g/mol. The number of para-hydroxylation sites is 1. The molecule has 1 aliphatic carbocycles. The summed E-state index contributed by atoms with van der Waals surface area (Å²) in [7, 11) is 0. The zero-order chi connectivity index (χ0) is 14.1. The van der Waals surface area contributed by atoms with Gasteiger partial charge in [0.15, 0.2) is 0 Å². The van der Waals surface area contributed by atoms with Gasteiger partial charge in [-0.3, -0.25) is 4.79 Å². The largest absolute Gasteiger partial charge is 0.349 e. The maximum Gasteiger partial charge on any atom is 0.252 e. The molecule has 0 bridgehead atoms. The van der Waals surface area contributed by atoms with Gasteiger partial charge in [0.2, 0.25) is 0 Å².